The minimum Gasteiger partial charge on any atom is -0.487 e. The molecule has 0 aromatic heterocycles. The predicted molar refractivity (Wildman–Crippen MR) is 77.7 cm³/mol. The number of nitrogens with two attached hydrogens (primary N) is 1. The number of benzene rings is 2. The molecule has 0 unspecified atom stereocenters. The highest BCUT2D eigenvalue weighted by Crippen LogP contribution is 2.26. The molecule has 2 rings (SSSR count). The molecule has 6 heteroatoms. The van der Waals surface area contributed by atoms with Gasteiger partial charge in [0, 0.05) is 11.1 Å². The van der Waals surface area contributed by atoms with Crippen molar-refractivity contribution in [3.05, 3.63) is 64.2 Å². The van der Waals surface area contributed by atoms with Crippen molar-refractivity contribution in [2.45, 2.75) is 6.61 Å². The smallest absolute Gasteiger partial charge is 0.335 e. The van der Waals surface area contributed by atoms with E-state index in [0.717, 1.165) is 0 Å². The lowest BCUT2D eigenvalue weighted by atomic mass is 10.1. The first-order chi connectivity index (χ1) is 9.99. The van der Waals surface area contributed by atoms with Crippen LogP contribution in [0, 0.1) is 0 Å². The van der Waals surface area contributed by atoms with Crippen LogP contribution in [0.1, 0.15) is 26.3 Å². The van der Waals surface area contributed by atoms with E-state index < -0.39 is 11.9 Å². The van der Waals surface area contributed by atoms with Crippen molar-refractivity contribution < 1.29 is 19.4 Å². The average molecular weight is 306 g/mol. The van der Waals surface area contributed by atoms with Crippen molar-refractivity contribution in [2.75, 3.05) is 0 Å². The van der Waals surface area contributed by atoms with E-state index in [9.17, 15) is 9.59 Å². The molecule has 0 heterocycles. The maximum atomic E-state index is 11.3. The highest BCUT2D eigenvalue weighted by Gasteiger charge is 2.10. The summed E-state index contributed by atoms with van der Waals surface area (Å²) in [6.07, 6.45) is 0. The van der Waals surface area contributed by atoms with Crippen molar-refractivity contribution in [1.29, 1.82) is 0 Å². The number of primary amides is 1. The number of ether oxygens (including phenoxy) is 1. The number of halogens is 1. The number of carbonyl (C=O) groups is 2. The van der Waals surface area contributed by atoms with E-state index in [-0.39, 0.29) is 17.2 Å². The molecule has 5 nitrogen and oxygen atoms in total. The summed E-state index contributed by atoms with van der Waals surface area (Å²) < 4.78 is 5.52. The minimum atomic E-state index is -1.07. The number of carboxylic acid groups (broad SMARTS) is 1. The Bertz CT molecular complexity index is 700. The summed E-state index contributed by atoms with van der Waals surface area (Å²) in [7, 11) is 0. The summed E-state index contributed by atoms with van der Waals surface area (Å²) in [5.41, 5.74) is 6.35. The molecule has 108 valence electrons. The van der Waals surface area contributed by atoms with Crippen LogP contribution in [0.3, 0.4) is 0 Å². The van der Waals surface area contributed by atoms with Crippen molar-refractivity contribution in [3.8, 4) is 5.75 Å². The standard InChI is InChI=1S/C15H12ClNO4/c16-12-7-9(15(19)20)5-6-13(12)21-8-10-3-1-2-4-11(10)14(17)18/h1-7H,8H2,(H2,17,18)(H,19,20). The maximum absolute atomic E-state index is 11.3. The van der Waals surface area contributed by atoms with E-state index in [1.165, 1.54) is 18.2 Å². The minimum absolute atomic E-state index is 0.0740. The molecule has 0 aliphatic rings. The third kappa shape index (κ3) is 3.52. The van der Waals surface area contributed by atoms with Gasteiger partial charge in [-0.05, 0) is 24.3 Å². The van der Waals surface area contributed by atoms with E-state index in [1.54, 1.807) is 24.3 Å². The van der Waals surface area contributed by atoms with E-state index >= 15 is 0 Å². The fraction of sp³-hybridized carbons (Fsp3) is 0.0667. The van der Waals surface area contributed by atoms with Gasteiger partial charge in [-0.3, -0.25) is 4.79 Å². The van der Waals surface area contributed by atoms with Crippen LogP contribution >= 0.6 is 11.6 Å². The number of rotatable bonds is 5. The average Bonchev–Trinajstić information content (AvgIpc) is 2.46. The van der Waals surface area contributed by atoms with Crippen LogP contribution in [0.15, 0.2) is 42.5 Å². The molecule has 0 bridgehead atoms. The van der Waals surface area contributed by atoms with E-state index in [4.69, 9.17) is 27.2 Å². The zero-order valence-electron chi connectivity index (χ0n) is 10.9. The largest absolute Gasteiger partial charge is 0.487 e. The Kier molecular flexibility index (Phi) is 4.45. The van der Waals surface area contributed by atoms with Crippen LogP contribution in [0.2, 0.25) is 5.02 Å². The molecule has 0 fully saturated rings. The van der Waals surface area contributed by atoms with Crippen molar-refractivity contribution in [3.63, 3.8) is 0 Å². The lowest BCUT2D eigenvalue weighted by Gasteiger charge is -2.10. The third-order valence-corrected chi connectivity index (χ3v) is 3.14. The van der Waals surface area contributed by atoms with Crippen LogP contribution in [0.25, 0.3) is 0 Å². The predicted octanol–water partition coefficient (Wildman–Crippen LogP) is 2.72. The first-order valence-corrected chi connectivity index (χ1v) is 6.40. The van der Waals surface area contributed by atoms with Gasteiger partial charge in [0.25, 0.3) is 0 Å². The van der Waals surface area contributed by atoms with Crippen LogP contribution in [0.4, 0.5) is 0 Å². The van der Waals surface area contributed by atoms with E-state index in [2.05, 4.69) is 0 Å². The zero-order chi connectivity index (χ0) is 15.4. The molecule has 0 radical (unpaired) electrons. The Morgan fingerprint density at radius 1 is 1.19 bits per heavy atom. The van der Waals surface area contributed by atoms with Crippen LogP contribution in [-0.4, -0.2) is 17.0 Å². The molecule has 3 N–H and O–H groups in total. The molecule has 1 amide bonds. The summed E-state index contributed by atoms with van der Waals surface area (Å²) in [6.45, 7) is 0.102. The van der Waals surface area contributed by atoms with Crippen molar-refractivity contribution in [1.82, 2.24) is 0 Å². The number of hydrogen-bond acceptors (Lipinski definition) is 3. The van der Waals surface area contributed by atoms with Crippen molar-refractivity contribution in [2.24, 2.45) is 5.73 Å². The van der Waals surface area contributed by atoms with E-state index in [1.807, 2.05) is 0 Å². The highest BCUT2D eigenvalue weighted by molar-refractivity contribution is 6.32. The molecular weight excluding hydrogens is 294 g/mol. The van der Waals surface area contributed by atoms with Gasteiger partial charge in [0.05, 0.1) is 10.6 Å². The number of aromatic carboxylic acids is 1. The number of amides is 1. The van der Waals surface area contributed by atoms with Gasteiger partial charge in [-0.1, -0.05) is 29.8 Å². The Labute approximate surface area is 125 Å². The van der Waals surface area contributed by atoms with Crippen LogP contribution in [0.5, 0.6) is 5.75 Å². The summed E-state index contributed by atoms with van der Waals surface area (Å²) in [5, 5.41) is 9.04. The number of hydrogen-bond donors (Lipinski definition) is 2. The molecule has 0 aliphatic carbocycles. The summed E-state index contributed by atoms with van der Waals surface area (Å²) >= 11 is 5.96. The Morgan fingerprint density at radius 2 is 1.90 bits per heavy atom. The first kappa shape index (κ1) is 14.9. The van der Waals surface area contributed by atoms with Gasteiger partial charge >= 0.3 is 5.97 Å². The van der Waals surface area contributed by atoms with Crippen LogP contribution in [-0.2, 0) is 6.61 Å². The molecular formula is C15H12ClNO4. The number of carboxylic acids is 1. The molecule has 0 saturated carbocycles. The normalized spacial score (nSPS) is 10.1. The van der Waals surface area contributed by atoms with Gasteiger partial charge in [0.1, 0.15) is 12.4 Å². The van der Waals surface area contributed by atoms with Crippen molar-refractivity contribution >= 4 is 23.5 Å². The number of carbonyl (C=O) groups excluding carboxylic acids is 1. The lowest BCUT2D eigenvalue weighted by Crippen LogP contribution is -2.14. The van der Waals surface area contributed by atoms with Crippen LogP contribution < -0.4 is 10.5 Å². The second-order valence-corrected chi connectivity index (χ2v) is 4.67. The van der Waals surface area contributed by atoms with Gasteiger partial charge in [-0.25, -0.2) is 4.79 Å². The molecule has 21 heavy (non-hydrogen) atoms. The summed E-state index contributed by atoms with van der Waals surface area (Å²) in [6, 6.07) is 11.0. The maximum Gasteiger partial charge on any atom is 0.335 e. The first-order valence-electron chi connectivity index (χ1n) is 6.02. The van der Waals surface area contributed by atoms with Gasteiger partial charge in [-0.2, -0.15) is 0 Å². The topological polar surface area (TPSA) is 89.6 Å². The second kappa shape index (κ2) is 6.28. The van der Waals surface area contributed by atoms with Gasteiger partial charge < -0.3 is 15.6 Å². The highest BCUT2D eigenvalue weighted by atomic mass is 35.5. The molecule has 0 atom stereocenters. The second-order valence-electron chi connectivity index (χ2n) is 4.26. The molecule has 2 aromatic carbocycles. The Balaban J connectivity index is 2.17. The zero-order valence-corrected chi connectivity index (χ0v) is 11.6. The quantitative estimate of drug-likeness (QED) is 0.888. The van der Waals surface area contributed by atoms with Gasteiger partial charge in [0.15, 0.2) is 0 Å². The Morgan fingerprint density at radius 3 is 2.52 bits per heavy atom. The molecule has 0 aliphatic heterocycles. The SMILES string of the molecule is NC(=O)c1ccccc1COc1ccc(C(=O)O)cc1Cl. The third-order valence-electron chi connectivity index (χ3n) is 2.84. The summed E-state index contributed by atoms with van der Waals surface area (Å²) in [5.74, 6) is -1.27. The molecule has 0 saturated heterocycles. The monoisotopic (exact) mass is 305 g/mol. The fourth-order valence-electron chi connectivity index (χ4n) is 1.79. The van der Waals surface area contributed by atoms with E-state index in [0.29, 0.717) is 16.9 Å². The molecule has 2 aromatic rings. The van der Waals surface area contributed by atoms with Gasteiger partial charge in [-0.15, -0.1) is 0 Å². The van der Waals surface area contributed by atoms with Gasteiger partial charge in [0.2, 0.25) is 5.91 Å². The summed E-state index contributed by atoms with van der Waals surface area (Å²) in [4.78, 5) is 22.1. The Hall–Kier alpha value is -2.53. The molecule has 0 spiro atoms. The fourth-order valence-corrected chi connectivity index (χ4v) is 2.03. The lowest BCUT2D eigenvalue weighted by molar-refractivity contribution is 0.0696.